The lowest BCUT2D eigenvalue weighted by molar-refractivity contribution is -0.305. The number of rotatable bonds is 8. The Hall–Kier alpha value is -2.53. The summed E-state index contributed by atoms with van der Waals surface area (Å²) in [5.74, 6) is -2.86. The van der Waals surface area contributed by atoms with Crippen molar-refractivity contribution in [1.29, 1.82) is 0 Å². The van der Waals surface area contributed by atoms with Crippen molar-refractivity contribution >= 4 is 30.2 Å². The van der Waals surface area contributed by atoms with Crippen LogP contribution in [0.4, 0.5) is 0 Å². The van der Waals surface area contributed by atoms with Crippen molar-refractivity contribution in [1.82, 2.24) is 0 Å². The summed E-state index contributed by atoms with van der Waals surface area (Å²) in [7, 11) is 0. The molecular formula is C16H22O11. The predicted octanol–water partition coefficient (Wildman–Crippen LogP) is -0.715. The van der Waals surface area contributed by atoms with Crippen molar-refractivity contribution in [2.24, 2.45) is 0 Å². The molecule has 0 spiro atoms. The third-order valence-electron chi connectivity index (χ3n) is 3.28. The topological polar surface area (TPSA) is 141 Å². The first kappa shape index (κ1) is 22.5. The van der Waals surface area contributed by atoms with E-state index in [0.717, 1.165) is 27.7 Å². The highest BCUT2D eigenvalue weighted by atomic mass is 16.7. The fourth-order valence-corrected chi connectivity index (χ4v) is 2.46. The van der Waals surface area contributed by atoms with Crippen LogP contribution in [0.1, 0.15) is 27.7 Å². The first-order chi connectivity index (χ1) is 12.6. The molecule has 0 unspecified atom stereocenters. The Bertz CT molecular complexity index is 573. The van der Waals surface area contributed by atoms with Crippen molar-refractivity contribution in [3.63, 3.8) is 0 Å². The number of carbonyl (C=O) groups excluding carboxylic acids is 5. The van der Waals surface area contributed by atoms with E-state index in [1.54, 1.807) is 0 Å². The number of hydrogen-bond donors (Lipinski definition) is 0. The molecule has 0 aromatic heterocycles. The van der Waals surface area contributed by atoms with Gasteiger partial charge < -0.3 is 33.2 Å². The van der Waals surface area contributed by atoms with Gasteiger partial charge in [0.25, 0.3) is 0 Å². The first-order valence-corrected chi connectivity index (χ1v) is 8.01. The molecule has 11 heteroatoms. The maximum Gasteiger partial charge on any atom is 0.303 e. The van der Waals surface area contributed by atoms with Gasteiger partial charge in [-0.05, 0) is 0 Å². The lowest BCUT2D eigenvalue weighted by atomic mass is 9.98. The van der Waals surface area contributed by atoms with E-state index in [-0.39, 0.29) is 6.61 Å². The fraction of sp³-hybridized carbons (Fsp3) is 0.688. The molecule has 0 N–H and O–H groups in total. The highest BCUT2D eigenvalue weighted by Gasteiger charge is 2.52. The van der Waals surface area contributed by atoms with Gasteiger partial charge in [-0.3, -0.25) is 19.2 Å². The Morgan fingerprint density at radius 3 is 1.81 bits per heavy atom. The number of aldehydes is 1. The zero-order valence-electron chi connectivity index (χ0n) is 15.4. The minimum Gasteiger partial charge on any atom is -0.463 e. The zero-order valence-corrected chi connectivity index (χ0v) is 15.4. The summed E-state index contributed by atoms with van der Waals surface area (Å²) in [4.78, 5) is 56.3. The molecule has 1 aliphatic heterocycles. The molecule has 1 saturated heterocycles. The maximum absolute atomic E-state index is 11.5. The molecule has 27 heavy (non-hydrogen) atoms. The van der Waals surface area contributed by atoms with Crippen LogP contribution in [0.2, 0.25) is 0 Å². The van der Waals surface area contributed by atoms with Crippen LogP contribution in [0.15, 0.2) is 0 Å². The van der Waals surface area contributed by atoms with Crippen LogP contribution < -0.4 is 0 Å². The monoisotopic (exact) mass is 390 g/mol. The Morgan fingerprint density at radius 1 is 0.815 bits per heavy atom. The van der Waals surface area contributed by atoms with Gasteiger partial charge in [-0.1, -0.05) is 0 Å². The van der Waals surface area contributed by atoms with E-state index < -0.39 is 61.2 Å². The molecule has 0 aliphatic carbocycles. The van der Waals surface area contributed by atoms with E-state index >= 15 is 0 Å². The quantitative estimate of drug-likeness (QED) is 0.295. The Kier molecular flexibility index (Phi) is 8.82. The number of esters is 4. The minimum absolute atomic E-state index is 0.362. The van der Waals surface area contributed by atoms with E-state index in [1.807, 2.05) is 0 Å². The van der Waals surface area contributed by atoms with Gasteiger partial charge in [0.15, 0.2) is 24.6 Å². The van der Waals surface area contributed by atoms with Crippen molar-refractivity contribution in [2.45, 2.75) is 58.4 Å². The summed E-state index contributed by atoms with van der Waals surface area (Å²) in [6.07, 6.45) is -5.91. The smallest absolute Gasteiger partial charge is 0.303 e. The molecule has 1 fully saturated rings. The van der Waals surface area contributed by atoms with Gasteiger partial charge in [0, 0.05) is 27.7 Å². The van der Waals surface area contributed by atoms with Crippen molar-refractivity contribution in [3.05, 3.63) is 0 Å². The molecular weight excluding hydrogens is 368 g/mol. The lowest BCUT2D eigenvalue weighted by Gasteiger charge is -2.43. The van der Waals surface area contributed by atoms with E-state index in [4.69, 9.17) is 28.4 Å². The van der Waals surface area contributed by atoms with Crippen LogP contribution in [0.5, 0.6) is 0 Å². The van der Waals surface area contributed by atoms with Crippen molar-refractivity contribution in [3.8, 4) is 0 Å². The summed E-state index contributed by atoms with van der Waals surface area (Å²) in [5.41, 5.74) is 0. The second kappa shape index (κ2) is 10.6. The molecule has 0 saturated carbocycles. The molecule has 0 amide bonds. The number of ether oxygens (including phenoxy) is 6. The summed E-state index contributed by atoms with van der Waals surface area (Å²) >= 11 is 0. The van der Waals surface area contributed by atoms with Crippen LogP contribution >= 0.6 is 0 Å². The molecule has 1 heterocycles. The summed E-state index contributed by atoms with van der Waals surface area (Å²) in [6, 6.07) is 0. The average molecular weight is 390 g/mol. The first-order valence-electron chi connectivity index (χ1n) is 8.01. The van der Waals surface area contributed by atoms with Gasteiger partial charge in [0.1, 0.15) is 25.6 Å². The van der Waals surface area contributed by atoms with Crippen LogP contribution in [0.25, 0.3) is 0 Å². The Labute approximate surface area is 155 Å². The molecule has 0 aromatic carbocycles. The predicted molar refractivity (Wildman–Crippen MR) is 84.0 cm³/mol. The SMILES string of the molecule is CC(=O)OC[C@@H]1O[C@@H](OCC=O)[C@H](OC(C)=O)[C@H](OC(C)=O)[C@H]1OC(C)=O. The summed E-state index contributed by atoms with van der Waals surface area (Å²) in [6.45, 7) is 3.71. The normalized spacial score (nSPS) is 27.2. The third kappa shape index (κ3) is 7.31. The van der Waals surface area contributed by atoms with E-state index in [0.29, 0.717) is 6.29 Å². The molecule has 1 aliphatic rings. The Morgan fingerprint density at radius 2 is 1.33 bits per heavy atom. The third-order valence-corrected chi connectivity index (χ3v) is 3.28. The van der Waals surface area contributed by atoms with Gasteiger partial charge in [0.05, 0.1) is 0 Å². The average Bonchev–Trinajstić information content (AvgIpc) is 2.54. The van der Waals surface area contributed by atoms with E-state index in [1.165, 1.54) is 0 Å². The number of carbonyl (C=O) groups is 5. The molecule has 0 aromatic rings. The molecule has 152 valence electrons. The van der Waals surface area contributed by atoms with Gasteiger partial charge in [-0.2, -0.15) is 0 Å². The van der Waals surface area contributed by atoms with Gasteiger partial charge >= 0.3 is 23.9 Å². The molecule has 0 bridgehead atoms. The molecule has 11 nitrogen and oxygen atoms in total. The van der Waals surface area contributed by atoms with Crippen molar-refractivity contribution < 1.29 is 52.4 Å². The largest absolute Gasteiger partial charge is 0.463 e. The van der Waals surface area contributed by atoms with Crippen LogP contribution in [-0.2, 0) is 52.4 Å². The van der Waals surface area contributed by atoms with Gasteiger partial charge in [-0.15, -0.1) is 0 Å². The van der Waals surface area contributed by atoms with Crippen molar-refractivity contribution in [2.75, 3.05) is 13.2 Å². The van der Waals surface area contributed by atoms with E-state index in [9.17, 15) is 24.0 Å². The number of hydrogen-bond acceptors (Lipinski definition) is 11. The molecule has 1 rings (SSSR count). The second-order valence-electron chi connectivity index (χ2n) is 5.57. The standard InChI is InChI=1S/C16H22O11/c1-8(18)23-7-12-13(24-9(2)19)14(25-10(3)20)15(26-11(4)21)16(27-12)22-6-5-17/h5,12-16H,6-7H2,1-4H3/t12-,13-,14+,15+,16+/m0/s1. The van der Waals surface area contributed by atoms with Crippen LogP contribution in [0, 0.1) is 0 Å². The minimum atomic E-state index is -1.34. The maximum atomic E-state index is 11.5. The fourth-order valence-electron chi connectivity index (χ4n) is 2.46. The molecule has 0 radical (unpaired) electrons. The van der Waals surface area contributed by atoms with Crippen LogP contribution in [0.3, 0.4) is 0 Å². The molecule has 5 atom stereocenters. The Balaban J connectivity index is 3.24. The van der Waals surface area contributed by atoms with E-state index in [2.05, 4.69) is 0 Å². The second-order valence-corrected chi connectivity index (χ2v) is 5.57. The van der Waals surface area contributed by atoms with Gasteiger partial charge in [0.2, 0.25) is 0 Å². The van der Waals surface area contributed by atoms with Gasteiger partial charge in [-0.25, -0.2) is 0 Å². The summed E-state index contributed by atoms with van der Waals surface area (Å²) < 4.78 is 31.1. The highest BCUT2D eigenvalue weighted by molar-refractivity contribution is 5.68. The lowest BCUT2D eigenvalue weighted by Crippen LogP contribution is -2.63. The van der Waals surface area contributed by atoms with Crippen LogP contribution in [-0.4, -0.2) is 74.1 Å². The summed E-state index contributed by atoms with van der Waals surface area (Å²) in [5, 5.41) is 0. The highest BCUT2D eigenvalue weighted by Crippen LogP contribution is 2.29. The zero-order chi connectivity index (χ0) is 20.6.